The van der Waals surface area contributed by atoms with Crippen LogP contribution in [0.3, 0.4) is 0 Å². The van der Waals surface area contributed by atoms with E-state index in [0.717, 1.165) is 16.4 Å². The van der Waals surface area contributed by atoms with Crippen molar-refractivity contribution >= 4 is 21.6 Å². The first kappa shape index (κ1) is 25.7. The summed E-state index contributed by atoms with van der Waals surface area (Å²) in [5, 5.41) is 13.0. The van der Waals surface area contributed by atoms with Crippen LogP contribution in [0.25, 0.3) is 0 Å². The van der Waals surface area contributed by atoms with E-state index in [0.29, 0.717) is 12.1 Å². The van der Waals surface area contributed by atoms with Crippen LogP contribution >= 0.6 is 0 Å². The zero-order chi connectivity index (χ0) is 26.3. The van der Waals surface area contributed by atoms with Gasteiger partial charge >= 0.3 is 0 Å². The maximum atomic E-state index is 14.2. The largest absolute Gasteiger partial charge is 0.385 e. The van der Waals surface area contributed by atoms with Crippen molar-refractivity contribution in [3.8, 4) is 0 Å². The first-order valence-electron chi connectivity index (χ1n) is 10.7. The molecule has 1 fully saturated rings. The van der Waals surface area contributed by atoms with Crippen LogP contribution in [-0.4, -0.2) is 36.8 Å². The van der Waals surface area contributed by atoms with Crippen molar-refractivity contribution in [2.24, 2.45) is 0 Å². The summed E-state index contributed by atoms with van der Waals surface area (Å²) in [5.74, 6) is -7.94. The maximum absolute atomic E-state index is 14.2. The Morgan fingerprint density at radius 1 is 0.861 bits per heavy atom. The molecule has 4 rings (SSSR count). The van der Waals surface area contributed by atoms with Crippen molar-refractivity contribution in [2.45, 2.75) is 23.3 Å². The Morgan fingerprint density at radius 2 is 1.47 bits per heavy atom. The van der Waals surface area contributed by atoms with E-state index in [9.17, 15) is 40.3 Å². The molecule has 1 aliphatic heterocycles. The van der Waals surface area contributed by atoms with E-state index in [1.165, 1.54) is 30.3 Å². The van der Waals surface area contributed by atoms with Gasteiger partial charge in [0.05, 0.1) is 10.5 Å². The van der Waals surface area contributed by atoms with Crippen LogP contribution in [0.5, 0.6) is 0 Å². The fourth-order valence-electron chi connectivity index (χ4n) is 4.01. The van der Waals surface area contributed by atoms with Gasteiger partial charge in [-0.25, -0.2) is 30.4 Å². The van der Waals surface area contributed by atoms with Gasteiger partial charge in [0, 0.05) is 42.0 Å². The van der Waals surface area contributed by atoms with Crippen molar-refractivity contribution in [1.82, 2.24) is 4.31 Å². The summed E-state index contributed by atoms with van der Waals surface area (Å²) in [6.45, 7) is -0.418. The van der Waals surface area contributed by atoms with Gasteiger partial charge < -0.3 is 10.4 Å². The fraction of sp³-hybridized carbons (Fsp3) is 0.208. The molecule has 0 atom stereocenters. The average molecular weight is 526 g/mol. The number of benzene rings is 3. The van der Waals surface area contributed by atoms with Crippen LogP contribution in [0.15, 0.2) is 59.5 Å². The molecule has 0 spiro atoms. The molecule has 190 valence electrons. The van der Waals surface area contributed by atoms with Gasteiger partial charge in [-0.3, -0.25) is 4.79 Å². The summed E-state index contributed by atoms with van der Waals surface area (Å²) in [4.78, 5) is 12.3. The minimum atomic E-state index is -4.16. The topological polar surface area (TPSA) is 86.7 Å². The molecule has 6 nitrogen and oxygen atoms in total. The van der Waals surface area contributed by atoms with Gasteiger partial charge in [0.2, 0.25) is 10.0 Å². The van der Waals surface area contributed by atoms with Crippen molar-refractivity contribution in [2.75, 3.05) is 18.4 Å². The lowest BCUT2D eigenvalue weighted by molar-refractivity contribution is -0.0130. The van der Waals surface area contributed by atoms with Crippen molar-refractivity contribution in [1.29, 1.82) is 0 Å². The molecule has 3 aromatic rings. The van der Waals surface area contributed by atoms with E-state index in [-0.39, 0.29) is 47.6 Å². The van der Waals surface area contributed by atoms with Gasteiger partial charge in [-0.15, -0.1) is 0 Å². The van der Waals surface area contributed by atoms with Gasteiger partial charge in [0.25, 0.3) is 5.91 Å². The third kappa shape index (κ3) is 4.84. The number of hydrogen-bond acceptors (Lipinski definition) is 4. The monoisotopic (exact) mass is 526 g/mol. The van der Waals surface area contributed by atoms with Crippen LogP contribution in [0, 0.1) is 29.1 Å². The van der Waals surface area contributed by atoms with Gasteiger partial charge in [-0.1, -0.05) is 18.2 Å². The first-order chi connectivity index (χ1) is 16.9. The summed E-state index contributed by atoms with van der Waals surface area (Å²) in [6, 6.07) is 9.39. The number of anilines is 1. The molecule has 3 aromatic carbocycles. The van der Waals surface area contributed by atoms with Gasteiger partial charge in [0.15, 0.2) is 29.1 Å². The Labute approximate surface area is 203 Å². The molecule has 36 heavy (non-hydrogen) atoms. The highest BCUT2D eigenvalue weighted by molar-refractivity contribution is 7.89. The second-order valence-electron chi connectivity index (χ2n) is 8.27. The minimum Gasteiger partial charge on any atom is -0.385 e. The molecular weight excluding hydrogens is 507 g/mol. The van der Waals surface area contributed by atoms with E-state index >= 15 is 0 Å². The number of amides is 1. The Morgan fingerprint density at radius 3 is 2.11 bits per heavy atom. The third-order valence-corrected chi connectivity index (χ3v) is 7.87. The summed E-state index contributed by atoms with van der Waals surface area (Å²) in [7, 11) is -4.16. The molecule has 0 bridgehead atoms. The number of carbonyl (C=O) groups is 1. The number of carbonyl (C=O) groups excluding carboxylic acids is 1. The summed E-state index contributed by atoms with van der Waals surface area (Å²) < 4.78 is 95.1. The number of rotatable bonds is 5. The first-order valence-corrected chi connectivity index (χ1v) is 12.1. The minimum absolute atomic E-state index is 0.156. The van der Waals surface area contributed by atoms with Gasteiger partial charge in [-0.05, 0) is 37.1 Å². The summed E-state index contributed by atoms with van der Waals surface area (Å²) in [5.41, 5.74) is -2.55. The SMILES string of the molecule is O=C(Nc1cc(F)c(F)c(F)c1)c1cccc(S(=O)(=O)N2CCC(O)(c3cccc(F)c3F)CC2)c1. The standard InChI is InChI=1S/C24H19F5N2O4S/c25-18-6-2-5-17(21(18)28)24(33)7-9-31(10-8-24)36(34,35)16-4-1-3-14(11-16)23(32)30-15-12-19(26)22(29)20(27)13-15/h1-6,11-13,33H,7-10H2,(H,30,32). The fourth-order valence-corrected chi connectivity index (χ4v) is 5.49. The van der Waals surface area contributed by atoms with Crippen LogP contribution in [-0.2, 0) is 15.6 Å². The molecule has 2 N–H and O–H groups in total. The third-order valence-electron chi connectivity index (χ3n) is 5.98. The molecule has 0 aliphatic carbocycles. The molecule has 1 aliphatic rings. The smallest absolute Gasteiger partial charge is 0.255 e. The number of hydrogen-bond donors (Lipinski definition) is 2. The summed E-state index contributed by atoms with van der Waals surface area (Å²) in [6.07, 6.45) is -0.400. The lowest BCUT2D eigenvalue weighted by atomic mass is 9.85. The molecule has 1 amide bonds. The molecule has 0 saturated carbocycles. The van der Waals surface area contributed by atoms with Crippen LogP contribution in [0.2, 0.25) is 0 Å². The maximum Gasteiger partial charge on any atom is 0.255 e. The van der Waals surface area contributed by atoms with Crippen molar-refractivity contribution < 1.29 is 40.3 Å². The van der Waals surface area contributed by atoms with E-state index < -0.39 is 50.6 Å². The molecule has 0 radical (unpaired) electrons. The van der Waals surface area contributed by atoms with E-state index in [1.807, 2.05) is 0 Å². The zero-order valence-electron chi connectivity index (χ0n) is 18.4. The molecule has 0 unspecified atom stereocenters. The Balaban J connectivity index is 1.51. The summed E-state index contributed by atoms with van der Waals surface area (Å²) >= 11 is 0. The molecule has 1 saturated heterocycles. The van der Waals surface area contributed by atoms with E-state index in [4.69, 9.17) is 0 Å². The number of aliphatic hydroxyl groups is 1. The van der Waals surface area contributed by atoms with Gasteiger partial charge in [0.1, 0.15) is 0 Å². The number of piperidine rings is 1. The Bertz CT molecular complexity index is 1420. The van der Waals surface area contributed by atoms with Crippen molar-refractivity contribution in [3.05, 3.63) is 94.8 Å². The normalized spacial score (nSPS) is 16.1. The zero-order valence-corrected chi connectivity index (χ0v) is 19.3. The Kier molecular flexibility index (Phi) is 6.86. The van der Waals surface area contributed by atoms with Gasteiger partial charge in [-0.2, -0.15) is 4.31 Å². The second-order valence-corrected chi connectivity index (χ2v) is 10.2. The van der Waals surface area contributed by atoms with E-state index in [1.54, 1.807) is 0 Å². The number of halogens is 5. The number of nitrogens with zero attached hydrogens (tertiary/aromatic N) is 1. The second kappa shape index (κ2) is 9.60. The number of sulfonamides is 1. The predicted octanol–water partition coefficient (Wildman–Crippen LogP) is 4.31. The lowest BCUT2D eigenvalue weighted by Gasteiger charge is -2.38. The quantitative estimate of drug-likeness (QED) is 0.383. The average Bonchev–Trinajstić information content (AvgIpc) is 2.84. The van der Waals surface area contributed by atoms with Crippen LogP contribution in [0.4, 0.5) is 27.6 Å². The Hall–Kier alpha value is -3.35. The highest BCUT2D eigenvalue weighted by atomic mass is 32.2. The highest BCUT2D eigenvalue weighted by Gasteiger charge is 2.40. The van der Waals surface area contributed by atoms with Crippen molar-refractivity contribution in [3.63, 3.8) is 0 Å². The van der Waals surface area contributed by atoms with Crippen LogP contribution in [0.1, 0.15) is 28.8 Å². The molecular formula is C24H19F5N2O4S. The molecule has 0 aromatic heterocycles. The lowest BCUT2D eigenvalue weighted by Crippen LogP contribution is -2.45. The predicted molar refractivity (Wildman–Crippen MR) is 119 cm³/mol. The molecule has 1 heterocycles. The van der Waals surface area contributed by atoms with Crippen LogP contribution < -0.4 is 5.32 Å². The van der Waals surface area contributed by atoms with E-state index in [2.05, 4.69) is 5.32 Å². The number of nitrogens with one attached hydrogen (secondary N) is 1. The molecule has 12 heteroatoms. The highest BCUT2D eigenvalue weighted by Crippen LogP contribution is 2.36.